The third-order valence-electron chi connectivity index (χ3n) is 5.04. The van der Waals surface area contributed by atoms with Crippen LogP contribution in [0.25, 0.3) is 0 Å². The van der Waals surface area contributed by atoms with Crippen molar-refractivity contribution < 1.29 is 0 Å². The van der Waals surface area contributed by atoms with Crippen LogP contribution in [-0.4, -0.2) is 43.6 Å². The normalized spacial score (nSPS) is 17.1. The third-order valence-corrected chi connectivity index (χ3v) is 5.04. The highest BCUT2D eigenvalue weighted by molar-refractivity contribution is 5.10. The standard InChI is InChI=1S/C19H29N5O/c1-19(2,3)17-12-18(25)24(15-21-17)13-16-4-7-22(8-5-16)10-11-23-9-6-20-14-23/h6,9,12,14-16H,4-5,7-8,10-11,13H2,1-3H3. The lowest BCUT2D eigenvalue weighted by Gasteiger charge is -2.32. The fraction of sp³-hybridized carbons (Fsp3) is 0.632. The van der Waals surface area contributed by atoms with Crippen LogP contribution in [0.5, 0.6) is 0 Å². The number of hydrogen-bond acceptors (Lipinski definition) is 4. The number of piperidine rings is 1. The van der Waals surface area contributed by atoms with E-state index >= 15 is 0 Å². The van der Waals surface area contributed by atoms with Crippen LogP contribution in [0.4, 0.5) is 0 Å². The molecule has 0 N–H and O–H groups in total. The fourth-order valence-electron chi connectivity index (χ4n) is 3.32. The highest BCUT2D eigenvalue weighted by Gasteiger charge is 2.21. The van der Waals surface area contributed by atoms with E-state index in [2.05, 4.69) is 40.2 Å². The van der Waals surface area contributed by atoms with Gasteiger partial charge in [0.1, 0.15) is 0 Å². The molecule has 2 aromatic rings. The summed E-state index contributed by atoms with van der Waals surface area (Å²) in [5.41, 5.74) is 0.851. The van der Waals surface area contributed by atoms with Gasteiger partial charge >= 0.3 is 0 Å². The summed E-state index contributed by atoms with van der Waals surface area (Å²) < 4.78 is 3.90. The first-order valence-corrected chi connectivity index (χ1v) is 9.17. The Balaban J connectivity index is 1.49. The summed E-state index contributed by atoms with van der Waals surface area (Å²) >= 11 is 0. The maximum absolute atomic E-state index is 12.4. The molecule has 25 heavy (non-hydrogen) atoms. The van der Waals surface area contributed by atoms with Crippen LogP contribution in [0.1, 0.15) is 39.3 Å². The van der Waals surface area contributed by atoms with E-state index in [1.807, 2.05) is 18.7 Å². The zero-order valence-corrected chi connectivity index (χ0v) is 15.6. The van der Waals surface area contributed by atoms with E-state index in [1.54, 1.807) is 17.0 Å². The Hall–Kier alpha value is -1.95. The minimum Gasteiger partial charge on any atom is -0.336 e. The molecule has 0 radical (unpaired) electrons. The number of nitrogens with zero attached hydrogens (tertiary/aromatic N) is 5. The molecular weight excluding hydrogens is 314 g/mol. The molecule has 6 heteroatoms. The number of aromatic nitrogens is 4. The Morgan fingerprint density at radius 1 is 1.16 bits per heavy atom. The topological polar surface area (TPSA) is 56.0 Å². The van der Waals surface area contributed by atoms with Crippen LogP contribution >= 0.6 is 0 Å². The van der Waals surface area contributed by atoms with Crippen molar-refractivity contribution in [3.63, 3.8) is 0 Å². The van der Waals surface area contributed by atoms with Gasteiger partial charge in [-0.2, -0.15) is 0 Å². The molecule has 1 aliphatic heterocycles. The lowest BCUT2D eigenvalue weighted by molar-refractivity contribution is 0.168. The quantitative estimate of drug-likeness (QED) is 0.835. The third kappa shape index (κ3) is 4.78. The van der Waals surface area contributed by atoms with Gasteiger partial charge in [-0.15, -0.1) is 0 Å². The summed E-state index contributed by atoms with van der Waals surface area (Å²) in [5.74, 6) is 0.560. The van der Waals surface area contributed by atoms with Gasteiger partial charge in [0.2, 0.25) is 0 Å². The minimum absolute atomic E-state index is 0.0717. The van der Waals surface area contributed by atoms with Gasteiger partial charge in [0, 0.05) is 43.5 Å². The summed E-state index contributed by atoms with van der Waals surface area (Å²) in [7, 11) is 0. The molecule has 3 rings (SSSR count). The van der Waals surface area contributed by atoms with E-state index in [4.69, 9.17) is 0 Å². The summed E-state index contributed by atoms with van der Waals surface area (Å²) in [6, 6.07) is 1.69. The van der Waals surface area contributed by atoms with Crippen LogP contribution in [0.15, 0.2) is 35.9 Å². The van der Waals surface area contributed by atoms with Crippen molar-refractivity contribution in [2.24, 2.45) is 5.92 Å². The average Bonchev–Trinajstić information content (AvgIpc) is 3.08. The van der Waals surface area contributed by atoms with E-state index in [-0.39, 0.29) is 11.0 Å². The summed E-state index contributed by atoms with van der Waals surface area (Å²) in [5, 5.41) is 0. The van der Waals surface area contributed by atoms with Gasteiger partial charge in [0.25, 0.3) is 5.56 Å². The second kappa shape index (κ2) is 7.52. The van der Waals surface area contributed by atoms with Crippen molar-refractivity contribution in [2.45, 2.75) is 52.1 Å². The molecule has 0 bridgehead atoms. The first-order valence-electron chi connectivity index (χ1n) is 9.17. The highest BCUT2D eigenvalue weighted by atomic mass is 16.1. The van der Waals surface area contributed by atoms with Gasteiger partial charge in [-0.3, -0.25) is 9.36 Å². The molecule has 0 saturated carbocycles. The Morgan fingerprint density at radius 3 is 2.52 bits per heavy atom. The molecule has 136 valence electrons. The second-order valence-corrected chi connectivity index (χ2v) is 8.10. The van der Waals surface area contributed by atoms with Crippen LogP contribution in [0.2, 0.25) is 0 Å². The van der Waals surface area contributed by atoms with E-state index in [0.717, 1.165) is 51.3 Å². The number of likely N-dealkylation sites (tertiary alicyclic amines) is 1. The second-order valence-electron chi connectivity index (χ2n) is 8.10. The van der Waals surface area contributed by atoms with Gasteiger partial charge in [0.15, 0.2) is 0 Å². The van der Waals surface area contributed by atoms with Crippen LogP contribution in [0.3, 0.4) is 0 Å². The average molecular weight is 343 g/mol. The molecule has 1 saturated heterocycles. The van der Waals surface area contributed by atoms with Crippen LogP contribution in [0, 0.1) is 5.92 Å². The predicted molar refractivity (Wildman–Crippen MR) is 98.6 cm³/mol. The molecule has 3 heterocycles. The smallest absolute Gasteiger partial charge is 0.253 e. The van der Waals surface area contributed by atoms with Crippen LogP contribution < -0.4 is 5.56 Å². The first-order chi connectivity index (χ1) is 11.9. The van der Waals surface area contributed by atoms with Gasteiger partial charge < -0.3 is 9.47 Å². The Morgan fingerprint density at radius 2 is 1.92 bits per heavy atom. The van der Waals surface area contributed by atoms with Gasteiger partial charge in [-0.25, -0.2) is 9.97 Å². The SMILES string of the molecule is CC(C)(C)c1cc(=O)n(CC2CCN(CCn3ccnc3)CC2)cn1. The fourth-order valence-corrected chi connectivity index (χ4v) is 3.32. The number of hydrogen-bond donors (Lipinski definition) is 0. The molecule has 1 aliphatic rings. The van der Waals surface area contributed by atoms with Gasteiger partial charge in [-0.05, 0) is 31.8 Å². The molecule has 0 amide bonds. The highest BCUT2D eigenvalue weighted by Crippen LogP contribution is 2.20. The van der Waals surface area contributed by atoms with Gasteiger partial charge in [0.05, 0.1) is 18.3 Å². The molecule has 6 nitrogen and oxygen atoms in total. The Bertz CT molecular complexity index is 721. The van der Waals surface area contributed by atoms with Crippen molar-refractivity contribution in [3.05, 3.63) is 47.2 Å². The lowest BCUT2D eigenvalue weighted by atomic mass is 9.92. The largest absolute Gasteiger partial charge is 0.336 e. The molecule has 0 aliphatic carbocycles. The maximum atomic E-state index is 12.4. The van der Waals surface area contributed by atoms with E-state index in [1.165, 1.54) is 0 Å². The first kappa shape index (κ1) is 17.9. The van der Waals surface area contributed by atoms with E-state index in [9.17, 15) is 4.79 Å². The minimum atomic E-state index is -0.0845. The van der Waals surface area contributed by atoms with Crippen molar-refractivity contribution >= 4 is 0 Å². The molecule has 2 aromatic heterocycles. The van der Waals surface area contributed by atoms with Crippen molar-refractivity contribution in [1.82, 2.24) is 24.0 Å². The molecule has 0 atom stereocenters. The monoisotopic (exact) mass is 343 g/mol. The molecule has 0 spiro atoms. The van der Waals surface area contributed by atoms with Crippen molar-refractivity contribution in [3.8, 4) is 0 Å². The van der Waals surface area contributed by atoms with E-state index in [0.29, 0.717) is 5.92 Å². The van der Waals surface area contributed by atoms with Gasteiger partial charge in [-0.1, -0.05) is 20.8 Å². The molecule has 1 fully saturated rings. The number of rotatable bonds is 5. The predicted octanol–water partition coefficient (Wildman–Crippen LogP) is 2.15. The summed E-state index contributed by atoms with van der Waals surface area (Å²) in [6.07, 6.45) is 9.70. The molecule has 0 aromatic carbocycles. The number of imidazole rings is 1. The maximum Gasteiger partial charge on any atom is 0.253 e. The van der Waals surface area contributed by atoms with E-state index < -0.39 is 0 Å². The summed E-state index contributed by atoms with van der Waals surface area (Å²) in [6.45, 7) is 11.3. The van der Waals surface area contributed by atoms with Crippen molar-refractivity contribution in [1.29, 1.82) is 0 Å². The summed E-state index contributed by atoms with van der Waals surface area (Å²) in [4.78, 5) is 23.4. The Kier molecular flexibility index (Phi) is 5.37. The lowest BCUT2D eigenvalue weighted by Crippen LogP contribution is -2.38. The van der Waals surface area contributed by atoms with Crippen LogP contribution in [-0.2, 0) is 18.5 Å². The molecule has 0 unspecified atom stereocenters. The Labute approximate surface area is 149 Å². The molecular formula is C19H29N5O. The zero-order valence-electron chi connectivity index (χ0n) is 15.6. The van der Waals surface area contributed by atoms with Crippen molar-refractivity contribution in [2.75, 3.05) is 19.6 Å². The zero-order chi connectivity index (χ0) is 17.9.